The summed E-state index contributed by atoms with van der Waals surface area (Å²) < 4.78 is 52.5. The molecule has 38 heavy (non-hydrogen) atoms. The second kappa shape index (κ2) is 13.5. The maximum Gasteiger partial charge on any atom is 0.333 e. The molecule has 0 radical (unpaired) electrons. The van der Waals surface area contributed by atoms with Gasteiger partial charge in [-0.15, -0.1) is 11.8 Å². The molecule has 6 nitrogen and oxygen atoms in total. The van der Waals surface area contributed by atoms with Gasteiger partial charge >= 0.3 is 5.97 Å². The quantitative estimate of drug-likeness (QED) is 0.0882. The van der Waals surface area contributed by atoms with Crippen molar-refractivity contribution in [1.29, 1.82) is 0 Å². The van der Waals surface area contributed by atoms with E-state index in [1.54, 1.807) is 18.2 Å². The molecule has 2 aromatic rings. The third-order valence-electron chi connectivity index (χ3n) is 6.95. The summed E-state index contributed by atoms with van der Waals surface area (Å²) in [6.45, 7) is 6.98. The van der Waals surface area contributed by atoms with Gasteiger partial charge in [-0.25, -0.2) is 17.6 Å². The molecule has 9 heteroatoms. The number of fused-ring (bicyclic) bond motifs is 1. The first-order valence-electron chi connectivity index (χ1n) is 13.2. The zero-order valence-electron chi connectivity index (χ0n) is 22.7. The second-order valence-electron chi connectivity index (χ2n) is 9.69. The Hall–Kier alpha value is -2.52. The molecule has 0 saturated heterocycles. The number of esters is 1. The molecule has 0 saturated carbocycles. The second-order valence-corrected chi connectivity index (χ2v) is 12.5. The van der Waals surface area contributed by atoms with Crippen LogP contribution >= 0.6 is 11.8 Å². The average Bonchev–Trinajstić information content (AvgIpc) is 2.99. The Morgan fingerprint density at radius 2 is 1.84 bits per heavy atom. The third-order valence-corrected chi connectivity index (χ3v) is 9.70. The Balaban J connectivity index is 2.08. The highest BCUT2D eigenvalue weighted by Gasteiger charge is 2.42. The summed E-state index contributed by atoms with van der Waals surface area (Å²) in [4.78, 5) is 14.8. The topological polar surface area (TPSA) is 72.9 Å². The van der Waals surface area contributed by atoms with Crippen LogP contribution in [0.3, 0.4) is 0 Å². The minimum absolute atomic E-state index is 0.0127. The lowest BCUT2D eigenvalue weighted by atomic mass is 9.81. The van der Waals surface area contributed by atoms with E-state index in [0.29, 0.717) is 35.9 Å². The van der Waals surface area contributed by atoms with Crippen LogP contribution in [0.1, 0.15) is 59.3 Å². The Labute approximate surface area is 230 Å². The molecule has 2 aromatic carbocycles. The Morgan fingerprint density at radius 3 is 2.47 bits per heavy atom. The van der Waals surface area contributed by atoms with Crippen molar-refractivity contribution in [3.8, 4) is 5.75 Å². The lowest BCUT2D eigenvalue weighted by Gasteiger charge is -2.36. The number of ether oxygens (including phenoxy) is 2. The van der Waals surface area contributed by atoms with Crippen LogP contribution in [0.25, 0.3) is 0 Å². The van der Waals surface area contributed by atoms with Crippen LogP contribution in [-0.4, -0.2) is 39.5 Å². The fraction of sp³-hybridized carbons (Fsp3) is 0.483. The van der Waals surface area contributed by atoms with Gasteiger partial charge in [0.15, 0.2) is 9.84 Å². The Morgan fingerprint density at radius 1 is 1.13 bits per heavy atom. The van der Waals surface area contributed by atoms with Crippen LogP contribution in [-0.2, 0) is 19.4 Å². The smallest absolute Gasteiger partial charge is 0.333 e. The fourth-order valence-corrected chi connectivity index (χ4v) is 7.38. The monoisotopic (exact) mass is 563 g/mol. The molecule has 1 heterocycles. The van der Waals surface area contributed by atoms with Crippen molar-refractivity contribution in [3.63, 3.8) is 0 Å². The molecule has 1 aliphatic rings. The summed E-state index contributed by atoms with van der Waals surface area (Å²) in [5, 5.41) is 0. The number of benzene rings is 2. The number of anilines is 2. The number of nitrogens with zero attached hydrogens (tertiary/aromatic N) is 1. The van der Waals surface area contributed by atoms with Gasteiger partial charge in [-0.05, 0) is 55.9 Å². The number of carbonyl (C=O) groups is 1. The number of carbonyl (C=O) groups excluding carboxylic acids is 1. The standard InChI is InChI=1S/C29H38FNO5S2/c1-5-8-15-29(7-3)20-31(23-12-10-22(30)11-13-23)24-18-26(37-4)25(19-27(24)38(33,34)21-29)35-17-14-28(32)36-16-9-6-2/h10-14,17-19H,5-9,15-16,20-21H2,1-4H3/b17-14+. The van der Waals surface area contributed by atoms with Crippen molar-refractivity contribution in [2.45, 2.75) is 69.1 Å². The molecule has 0 N–H and O–H groups in total. The van der Waals surface area contributed by atoms with Crippen molar-refractivity contribution in [3.05, 3.63) is 54.6 Å². The van der Waals surface area contributed by atoms with Crippen LogP contribution in [0.4, 0.5) is 15.8 Å². The van der Waals surface area contributed by atoms with Gasteiger partial charge < -0.3 is 14.4 Å². The molecule has 0 spiro atoms. The van der Waals surface area contributed by atoms with E-state index >= 15 is 0 Å². The van der Waals surface area contributed by atoms with Crippen LogP contribution in [0.15, 0.2) is 58.5 Å². The van der Waals surface area contributed by atoms with Crippen molar-refractivity contribution in [2.24, 2.45) is 5.41 Å². The molecule has 0 fully saturated rings. The lowest BCUT2D eigenvalue weighted by molar-refractivity contribution is -0.137. The van der Waals surface area contributed by atoms with Crippen molar-refractivity contribution in [2.75, 3.05) is 30.1 Å². The number of hydrogen-bond acceptors (Lipinski definition) is 7. The highest BCUT2D eigenvalue weighted by atomic mass is 32.2. The van der Waals surface area contributed by atoms with Gasteiger partial charge in [-0.3, -0.25) is 0 Å². The number of unbranched alkanes of at least 4 members (excludes halogenated alkanes) is 2. The molecule has 3 rings (SSSR count). The maximum absolute atomic E-state index is 13.9. The van der Waals surface area contributed by atoms with E-state index in [1.165, 1.54) is 36.2 Å². The summed E-state index contributed by atoms with van der Waals surface area (Å²) in [5.41, 5.74) is 0.808. The largest absolute Gasteiger partial charge is 0.464 e. The maximum atomic E-state index is 13.9. The molecule has 208 valence electrons. The number of sulfone groups is 1. The highest BCUT2D eigenvalue weighted by molar-refractivity contribution is 7.98. The summed E-state index contributed by atoms with van der Waals surface area (Å²) in [7, 11) is -3.70. The van der Waals surface area contributed by atoms with Crippen molar-refractivity contribution < 1.29 is 27.1 Å². The molecular weight excluding hydrogens is 525 g/mol. The molecule has 0 bridgehead atoms. The van der Waals surface area contributed by atoms with Crippen LogP contribution in [0.5, 0.6) is 5.75 Å². The Kier molecular flexibility index (Phi) is 10.7. The third kappa shape index (κ3) is 7.32. The summed E-state index contributed by atoms with van der Waals surface area (Å²) in [6.07, 6.45) is 9.34. The number of halogens is 1. The molecule has 0 aromatic heterocycles. The van der Waals surface area contributed by atoms with E-state index in [0.717, 1.165) is 37.8 Å². The molecular formula is C29H38FNO5S2. The fourth-order valence-electron chi connectivity index (χ4n) is 4.66. The van der Waals surface area contributed by atoms with Gasteiger partial charge in [-0.2, -0.15) is 0 Å². The van der Waals surface area contributed by atoms with Gasteiger partial charge in [0.2, 0.25) is 0 Å². The van der Waals surface area contributed by atoms with Gasteiger partial charge in [-0.1, -0.05) is 40.0 Å². The zero-order chi connectivity index (χ0) is 27.8. The van der Waals surface area contributed by atoms with Crippen LogP contribution < -0.4 is 9.64 Å². The van der Waals surface area contributed by atoms with Gasteiger partial charge in [0, 0.05) is 23.7 Å². The number of rotatable bonds is 12. The first-order valence-corrected chi connectivity index (χ1v) is 16.0. The minimum Gasteiger partial charge on any atom is -0.464 e. The van der Waals surface area contributed by atoms with E-state index in [4.69, 9.17) is 9.47 Å². The van der Waals surface area contributed by atoms with E-state index < -0.39 is 21.2 Å². The molecule has 0 amide bonds. The summed E-state index contributed by atoms with van der Waals surface area (Å²) in [6, 6.07) is 9.53. The Bertz CT molecular complexity index is 1230. The average molecular weight is 564 g/mol. The first kappa shape index (κ1) is 30.0. The predicted molar refractivity (Wildman–Crippen MR) is 152 cm³/mol. The van der Waals surface area contributed by atoms with E-state index in [2.05, 4.69) is 6.92 Å². The van der Waals surface area contributed by atoms with Gasteiger partial charge in [0.25, 0.3) is 0 Å². The first-order chi connectivity index (χ1) is 18.2. The molecule has 1 aliphatic heterocycles. The predicted octanol–water partition coefficient (Wildman–Crippen LogP) is 7.30. The van der Waals surface area contributed by atoms with Crippen molar-refractivity contribution in [1.82, 2.24) is 0 Å². The van der Waals surface area contributed by atoms with E-state index in [9.17, 15) is 17.6 Å². The summed E-state index contributed by atoms with van der Waals surface area (Å²) in [5.74, 6) is -0.511. The molecule has 1 unspecified atom stereocenters. The van der Waals surface area contributed by atoms with Crippen LogP contribution in [0.2, 0.25) is 0 Å². The minimum atomic E-state index is -3.70. The number of thioether (sulfide) groups is 1. The lowest BCUT2D eigenvalue weighted by Crippen LogP contribution is -2.37. The molecule has 1 atom stereocenters. The zero-order valence-corrected chi connectivity index (χ0v) is 24.3. The van der Waals surface area contributed by atoms with Crippen LogP contribution in [0, 0.1) is 11.2 Å². The normalized spacial score (nSPS) is 18.7. The van der Waals surface area contributed by atoms with E-state index in [1.807, 2.05) is 31.1 Å². The van der Waals surface area contributed by atoms with Gasteiger partial charge in [0.1, 0.15) is 11.6 Å². The van der Waals surface area contributed by atoms with E-state index in [-0.39, 0.29) is 16.5 Å². The number of hydrogen-bond donors (Lipinski definition) is 0. The SMILES string of the molecule is CCCCOC(=O)/C=C/Oc1cc2c(cc1SC)N(c1ccc(F)cc1)CC(CC)(CCCC)CS2(=O)=O. The van der Waals surface area contributed by atoms with Gasteiger partial charge in [0.05, 0.1) is 40.2 Å². The summed E-state index contributed by atoms with van der Waals surface area (Å²) >= 11 is 1.41. The molecule has 0 aliphatic carbocycles. The highest BCUT2D eigenvalue weighted by Crippen LogP contribution is 2.47. The van der Waals surface area contributed by atoms with Crippen molar-refractivity contribution >= 4 is 38.9 Å².